The fourth-order valence-electron chi connectivity index (χ4n) is 3.23. The molecule has 9 nitrogen and oxygen atoms in total. The first-order chi connectivity index (χ1) is 13.3. The normalized spacial score (nSPS) is 19.6. The summed E-state index contributed by atoms with van der Waals surface area (Å²) in [6, 6.07) is 2.09. The van der Waals surface area contributed by atoms with Gasteiger partial charge in [0.25, 0.3) is 0 Å². The second-order valence-corrected chi connectivity index (χ2v) is 6.57. The van der Waals surface area contributed by atoms with Gasteiger partial charge in [0.05, 0.1) is 18.8 Å². The lowest BCUT2D eigenvalue weighted by molar-refractivity contribution is -0.119. The molecule has 3 amide bonds. The quantitative estimate of drug-likeness (QED) is 0.791. The third-order valence-corrected chi connectivity index (χ3v) is 4.63. The zero-order chi connectivity index (χ0) is 20.4. The predicted molar refractivity (Wildman–Crippen MR) is 94.5 cm³/mol. The number of carbonyl (C=O) groups excluding carboxylic acids is 2. The highest BCUT2D eigenvalue weighted by Gasteiger charge is 2.34. The van der Waals surface area contributed by atoms with Crippen molar-refractivity contribution in [1.29, 1.82) is 0 Å². The molecule has 11 heteroatoms. The zero-order valence-electron chi connectivity index (χ0n) is 15.2. The van der Waals surface area contributed by atoms with Crippen LogP contribution in [0.15, 0.2) is 12.1 Å². The highest BCUT2D eigenvalue weighted by atomic mass is 19.1. The molecule has 1 aromatic carbocycles. The van der Waals surface area contributed by atoms with Crippen molar-refractivity contribution in [2.24, 2.45) is 0 Å². The van der Waals surface area contributed by atoms with E-state index in [1.165, 1.54) is 16.7 Å². The van der Waals surface area contributed by atoms with Crippen LogP contribution < -0.4 is 15.1 Å². The number of nitrogens with one attached hydrogen (secondary N) is 1. The number of hydrogen-bond acceptors (Lipinski definition) is 5. The Morgan fingerprint density at radius 3 is 2.36 bits per heavy atom. The Morgan fingerprint density at radius 1 is 1.21 bits per heavy atom. The molecule has 2 N–H and O–H groups in total. The second-order valence-electron chi connectivity index (χ2n) is 6.57. The summed E-state index contributed by atoms with van der Waals surface area (Å²) >= 11 is 0. The van der Waals surface area contributed by atoms with Crippen molar-refractivity contribution in [2.75, 3.05) is 49.1 Å². The minimum absolute atomic E-state index is 0.0123. The van der Waals surface area contributed by atoms with Crippen molar-refractivity contribution < 1.29 is 33.0 Å². The highest BCUT2D eigenvalue weighted by Crippen LogP contribution is 2.31. The van der Waals surface area contributed by atoms with Crippen LogP contribution in [-0.2, 0) is 9.53 Å². The summed E-state index contributed by atoms with van der Waals surface area (Å²) in [7, 11) is 0. The summed E-state index contributed by atoms with van der Waals surface area (Å²) in [5.74, 6) is -1.98. The molecule has 1 unspecified atom stereocenters. The van der Waals surface area contributed by atoms with Crippen LogP contribution in [0.1, 0.15) is 6.92 Å². The van der Waals surface area contributed by atoms with Crippen molar-refractivity contribution in [3.05, 3.63) is 23.8 Å². The lowest BCUT2D eigenvalue weighted by Gasteiger charge is -2.35. The first-order valence-electron chi connectivity index (χ1n) is 8.70. The number of hydrogen-bond donors (Lipinski definition) is 2. The smallest absolute Gasteiger partial charge is 0.414 e. The average molecular weight is 398 g/mol. The Morgan fingerprint density at radius 2 is 1.82 bits per heavy atom. The number of amides is 3. The molecule has 2 saturated heterocycles. The molecule has 28 heavy (non-hydrogen) atoms. The van der Waals surface area contributed by atoms with E-state index in [0.717, 1.165) is 17.0 Å². The van der Waals surface area contributed by atoms with E-state index in [2.05, 4.69) is 5.32 Å². The third-order valence-electron chi connectivity index (χ3n) is 4.63. The molecule has 1 atom stereocenters. The van der Waals surface area contributed by atoms with Gasteiger partial charge in [0.2, 0.25) is 5.91 Å². The van der Waals surface area contributed by atoms with Gasteiger partial charge in [-0.2, -0.15) is 0 Å². The molecule has 152 valence electrons. The van der Waals surface area contributed by atoms with Crippen molar-refractivity contribution >= 4 is 29.5 Å². The van der Waals surface area contributed by atoms with Gasteiger partial charge in [-0.1, -0.05) is 0 Å². The van der Waals surface area contributed by atoms with E-state index in [1.54, 1.807) is 0 Å². The van der Waals surface area contributed by atoms with Gasteiger partial charge < -0.3 is 25.0 Å². The van der Waals surface area contributed by atoms with E-state index >= 15 is 0 Å². The maximum Gasteiger partial charge on any atom is 0.414 e. The monoisotopic (exact) mass is 398 g/mol. The molecular formula is C17H20F2N4O5. The number of nitrogens with zero attached hydrogens (tertiary/aromatic N) is 3. The molecule has 0 saturated carbocycles. The Hall–Kier alpha value is -3.11. The van der Waals surface area contributed by atoms with Crippen LogP contribution in [0, 0.1) is 11.6 Å². The minimum Gasteiger partial charge on any atom is -0.465 e. The van der Waals surface area contributed by atoms with E-state index in [4.69, 9.17) is 9.84 Å². The number of benzene rings is 1. The summed E-state index contributed by atoms with van der Waals surface area (Å²) in [5.41, 5.74) is -0.241. The van der Waals surface area contributed by atoms with Crippen molar-refractivity contribution in [3.8, 4) is 0 Å². The van der Waals surface area contributed by atoms with E-state index in [-0.39, 0.29) is 56.6 Å². The Bertz CT molecular complexity index is 775. The Labute approximate surface area is 159 Å². The van der Waals surface area contributed by atoms with Crippen molar-refractivity contribution in [1.82, 2.24) is 10.2 Å². The van der Waals surface area contributed by atoms with Crippen LogP contribution in [0.2, 0.25) is 0 Å². The second kappa shape index (κ2) is 7.87. The molecule has 0 aromatic heterocycles. The summed E-state index contributed by atoms with van der Waals surface area (Å²) in [6.45, 7) is 2.07. The predicted octanol–water partition coefficient (Wildman–Crippen LogP) is 1.23. The largest absolute Gasteiger partial charge is 0.465 e. The molecule has 0 radical (unpaired) electrons. The number of rotatable bonds is 4. The Balaban J connectivity index is 1.73. The van der Waals surface area contributed by atoms with Gasteiger partial charge in [-0.25, -0.2) is 18.4 Å². The number of carbonyl (C=O) groups is 3. The average Bonchev–Trinajstić information content (AvgIpc) is 3.00. The number of cyclic esters (lactones) is 1. The SMILES string of the molecule is CC(=O)NCC1CN(c2cc(F)c(N3CCN(C(=O)O)CC3)c(F)c2)C(=O)O1. The number of halogens is 2. The molecule has 0 aliphatic carbocycles. The lowest BCUT2D eigenvalue weighted by atomic mass is 10.2. The first kappa shape index (κ1) is 19.6. The third kappa shape index (κ3) is 4.07. The fourth-order valence-corrected chi connectivity index (χ4v) is 3.23. The molecule has 2 heterocycles. The van der Waals surface area contributed by atoms with Gasteiger partial charge in [0.15, 0.2) is 11.6 Å². The molecule has 1 aromatic rings. The fraction of sp³-hybridized carbons (Fsp3) is 0.471. The standard InChI is InChI=1S/C17H20F2N4O5/c1-10(24)20-8-12-9-23(17(27)28-12)11-6-13(18)15(14(19)7-11)21-2-4-22(5-3-21)16(25)26/h6-7,12H,2-5,8-9H2,1H3,(H,20,24)(H,25,26). The van der Waals surface area contributed by atoms with Crippen molar-refractivity contribution in [3.63, 3.8) is 0 Å². The van der Waals surface area contributed by atoms with Crippen LogP contribution in [0.25, 0.3) is 0 Å². The van der Waals surface area contributed by atoms with Crippen LogP contribution in [0.5, 0.6) is 0 Å². The van der Waals surface area contributed by atoms with Gasteiger partial charge in [0.1, 0.15) is 11.8 Å². The highest BCUT2D eigenvalue weighted by molar-refractivity contribution is 5.90. The Kier molecular flexibility index (Phi) is 5.52. The summed E-state index contributed by atoms with van der Waals surface area (Å²) in [4.78, 5) is 37.6. The van der Waals surface area contributed by atoms with Gasteiger partial charge in [-0.05, 0) is 0 Å². The van der Waals surface area contributed by atoms with Crippen LogP contribution in [-0.4, -0.2) is 73.5 Å². The van der Waals surface area contributed by atoms with Gasteiger partial charge in [-0.3, -0.25) is 9.69 Å². The van der Waals surface area contributed by atoms with Gasteiger partial charge in [0, 0.05) is 45.2 Å². The molecule has 2 aliphatic rings. The van der Waals surface area contributed by atoms with E-state index in [1.807, 2.05) is 0 Å². The molecule has 3 rings (SSSR count). The summed E-state index contributed by atoms with van der Waals surface area (Å²) < 4.78 is 34.4. The maximum absolute atomic E-state index is 14.6. The van der Waals surface area contributed by atoms with Crippen LogP contribution in [0.4, 0.5) is 29.7 Å². The molecular weight excluding hydrogens is 378 g/mol. The number of ether oxygens (including phenoxy) is 1. The van der Waals surface area contributed by atoms with E-state index in [9.17, 15) is 23.2 Å². The van der Waals surface area contributed by atoms with E-state index < -0.39 is 29.9 Å². The van der Waals surface area contributed by atoms with Crippen LogP contribution in [0.3, 0.4) is 0 Å². The van der Waals surface area contributed by atoms with Gasteiger partial charge >= 0.3 is 12.2 Å². The maximum atomic E-state index is 14.6. The van der Waals surface area contributed by atoms with E-state index in [0.29, 0.717) is 0 Å². The summed E-state index contributed by atoms with van der Waals surface area (Å²) in [5, 5.41) is 11.5. The van der Waals surface area contributed by atoms with Gasteiger partial charge in [-0.15, -0.1) is 0 Å². The lowest BCUT2D eigenvalue weighted by Crippen LogP contribution is -2.48. The minimum atomic E-state index is -1.07. The van der Waals surface area contributed by atoms with Crippen molar-refractivity contribution in [2.45, 2.75) is 13.0 Å². The zero-order valence-corrected chi connectivity index (χ0v) is 15.2. The molecule has 2 aliphatic heterocycles. The summed E-state index contributed by atoms with van der Waals surface area (Å²) in [6.07, 6.45) is -2.44. The topological polar surface area (TPSA) is 102 Å². The molecule has 2 fully saturated rings. The number of anilines is 2. The number of carboxylic acid groups (broad SMARTS) is 1. The number of piperazine rings is 1. The molecule has 0 bridgehead atoms. The first-order valence-corrected chi connectivity index (χ1v) is 8.70. The van der Waals surface area contributed by atoms with Crippen LogP contribution >= 0.6 is 0 Å². The molecule has 0 spiro atoms.